The smallest absolute Gasteiger partial charge is 0.253 e. The van der Waals surface area contributed by atoms with Gasteiger partial charge in [0.2, 0.25) is 5.88 Å². The third kappa shape index (κ3) is 8.11. The van der Waals surface area contributed by atoms with E-state index in [2.05, 4.69) is 15.3 Å². The first-order chi connectivity index (χ1) is 15.3. The minimum Gasteiger partial charge on any atom is -0.478 e. The van der Waals surface area contributed by atoms with Gasteiger partial charge in [0.05, 0.1) is 17.9 Å². The van der Waals surface area contributed by atoms with Crippen LogP contribution in [0.1, 0.15) is 62.0 Å². The topological polar surface area (TPSA) is 130 Å². The summed E-state index contributed by atoms with van der Waals surface area (Å²) in [7, 11) is 0. The standard InChI is InChI=1S/C23H37N5O4/c1-16(2)21(30)27-23(24)28-12-9-18(10-13-28)6-4-15-32-20-8-7-19(17(3)26-20)22(31)25-11-5-14-29/h7-8,16,18,29H,4-6,9-15H2,1-3H3,(H,25,31)(H2,24,27,30). The van der Waals surface area contributed by atoms with Crippen molar-refractivity contribution in [1.82, 2.24) is 15.2 Å². The summed E-state index contributed by atoms with van der Waals surface area (Å²) in [4.78, 5) is 34.2. The van der Waals surface area contributed by atoms with Crippen molar-refractivity contribution in [2.24, 2.45) is 22.6 Å². The Balaban J connectivity index is 1.69. The number of aliphatic imine (C=N–C) groups is 1. The Morgan fingerprint density at radius 2 is 2.03 bits per heavy atom. The van der Waals surface area contributed by atoms with Crippen LogP contribution in [0, 0.1) is 18.8 Å². The van der Waals surface area contributed by atoms with Gasteiger partial charge in [-0.2, -0.15) is 4.99 Å². The van der Waals surface area contributed by atoms with E-state index in [1.165, 1.54) is 0 Å². The van der Waals surface area contributed by atoms with Gasteiger partial charge in [-0.15, -0.1) is 0 Å². The summed E-state index contributed by atoms with van der Waals surface area (Å²) in [5.74, 6) is 0.930. The van der Waals surface area contributed by atoms with E-state index in [0.29, 0.717) is 48.6 Å². The molecule has 0 saturated carbocycles. The Kier molecular flexibility index (Phi) is 10.4. The number of hydrogen-bond donors (Lipinski definition) is 3. The maximum absolute atomic E-state index is 12.1. The van der Waals surface area contributed by atoms with Gasteiger partial charge in [-0.3, -0.25) is 9.59 Å². The molecular weight excluding hydrogens is 410 g/mol. The van der Waals surface area contributed by atoms with E-state index in [0.717, 1.165) is 38.8 Å². The lowest BCUT2D eigenvalue weighted by atomic mass is 9.92. The van der Waals surface area contributed by atoms with Gasteiger partial charge < -0.3 is 25.8 Å². The van der Waals surface area contributed by atoms with Gasteiger partial charge in [0, 0.05) is 38.2 Å². The van der Waals surface area contributed by atoms with Crippen LogP contribution in [0.2, 0.25) is 0 Å². The van der Waals surface area contributed by atoms with Crippen molar-refractivity contribution >= 4 is 17.8 Å². The number of pyridine rings is 1. The van der Waals surface area contributed by atoms with Crippen molar-refractivity contribution in [3.63, 3.8) is 0 Å². The highest BCUT2D eigenvalue weighted by atomic mass is 16.5. The minimum atomic E-state index is -0.194. The predicted octanol–water partition coefficient (Wildman–Crippen LogP) is 1.87. The van der Waals surface area contributed by atoms with Gasteiger partial charge in [0.25, 0.3) is 11.8 Å². The van der Waals surface area contributed by atoms with E-state index in [1.807, 2.05) is 18.7 Å². The summed E-state index contributed by atoms with van der Waals surface area (Å²) in [5, 5.41) is 11.6. The average Bonchev–Trinajstić information content (AvgIpc) is 2.77. The number of nitrogens with two attached hydrogens (primary N) is 1. The average molecular weight is 448 g/mol. The number of aliphatic hydroxyl groups excluding tert-OH is 1. The highest BCUT2D eigenvalue weighted by molar-refractivity contribution is 5.95. The van der Waals surface area contributed by atoms with Gasteiger partial charge >= 0.3 is 0 Å². The number of aryl methyl sites for hydroxylation is 1. The zero-order valence-electron chi connectivity index (χ0n) is 19.5. The Hall–Kier alpha value is -2.68. The number of rotatable bonds is 10. The molecule has 0 spiro atoms. The molecule has 1 saturated heterocycles. The summed E-state index contributed by atoms with van der Waals surface area (Å²) in [5.41, 5.74) is 7.11. The molecule has 32 heavy (non-hydrogen) atoms. The Morgan fingerprint density at radius 3 is 2.66 bits per heavy atom. The Bertz CT molecular complexity index is 789. The highest BCUT2D eigenvalue weighted by Gasteiger charge is 2.21. The van der Waals surface area contributed by atoms with Crippen molar-refractivity contribution in [3.05, 3.63) is 23.4 Å². The second-order valence-electron chi connectivity index (χ2n) is 8.50. The molecule has 0 bridgehead atoms. The zero-order chi connectivity index (χ0) is 23.5. The first-order valence-corrected chi connectivity index (χ1v) is 11.4. The van der Waals surface area contributed by atoms with Gasteiger partial charge in [-0.25, -0.2) is 4.98 Å². The van der Waals surface area contributed by atoms with Crippen LogP contribution in [0.25, 0.3) is 0 Å². The molecule has 0 aromatic carbocycles. The number of guanidine groups is 1. The summed E-state index contributed by atoms with van der Waals surface area (Å²) in [6.45, 7) is 8.09. The van der Waals surface area contributed by atoms with Crippen molar-refractivity contribution in [2.45, 2.75) is 52.9 Å². The fourth-order valence-electron chi connectivity index (χ4n) is 3.55. The van der Waals surface area contributed by atoms with Crippen LogP contribution in [0.5, 0.6) is 5.88 Å². The van der Waals surface area contributed by atoms with Crippen LogP contribution in [0.4, 0.5) is 0 Å². The number of nitrogens with one attached hydrogen (secondary N) is 1. The summed E-state index contributed by atoms with van der Waals surface area (Å²) >= 11 is 0. The largest absolute Gasteiger partial charge is 0.478 e. The third-order valence-corrected chi connectivity index (χ3v) is 5.59. The number of carbonyl (C=O) groups is 2. The lowest BCUT2D eigenvalue weighted by molar-refractivity contribution is -0.120. The number of aromatic nitrogens is 1. The normalized spacial score (nSPS) is 15.2. The SMILES string of the molecule is Cc1nc(OCCCC2CCN(C(N)=NC(=O)C(C)C)CC2)ccc1C(=O)NCCCO. The molecule has 0 aliphatic carbocycles. The lowest BCUT2D eigenvalue weighted by Crippen LogP contribution is -2.43. The number of ether oxygens (including phenoxy) is 1. The van der Waals surface area contributed by atoms with Crippen LogP contribution < -0.4 is 15.8 Å². The van der Waals surface area contributed by atoms with Crippen molar-refractivity contribution in [2.75, 3.05) is 32.8 Å². The predicted molar refractivity (Wildman–Crippen MR) is 124 cm³/mol. The molecule has 178 valence electrons. The zero-order valence-corrected chi connectivity index (χ0v) is 19.5. The van der Waals surface area contributed by atoms with E-state index in [9.17, 15) is 9.59 Å². The number of hydrogen-bond acceptors (Lipinski definition) is 5. The summed E-state index contributed by atoms with van der Waals surface area (Å²) in [6.07, 6.45) is 4.54. The number of amides is 2. The third-order valence-electron chi connectivity index (χ3n) is 5.59. The van der Waals surface area contributed by atoms with Crippen LogP contribution >= 0.6 is 0 Å². The molecule has 0 unspecified atom stereocenters. The molecule has 1 fully saturated rings. The first kappa shape index (κ1) is 25.6. The molecule has 9 nitrogen and oxygen atoms in total. The van der Waals surface area contributed by atoms with Gasteiger partial charge in [0.15, 0.2) is 5.96 Å². The Labute approximate surface area is 190 Å². The molecule has 2 amide bonds. The first-order valence-electron chi connectivity index (χ1n) is 11.4. The molecule has 1 aromatic heterocycles. The van der Waals surface area contributed by atoms with Crippen molar-refractivity contribution < 1.29 is 19.4 Å². The number of nitrogens with zero attached hydrogens (tertiary/aromatic N) is 3. The van der Waals surface area contributed by atoms with Crippen LogP contribution in [0.3, 0.4) is 0 Å². The molecule has 0 radical (unpaired) electrons. The van der Waals surface area contributed by atoms with Crippen molar-refractivity contribution in [1.29, 1.82) is 0 Å². The Morgan fingerprint density at radius 1 is 1.31 bits per heavy atom. The van der Waals surface area contributed by atoms with Crippen molar-refractivity contribution in [3.8, 4) is 5.88 Å². The number of carbonyl (C=O) groups excluding carboxylic acids is 2. The molecule has 1 aliphatic heterocycles. The second-order valence-corrected chi connectivity index (χ2v) is 8.50. The summed E-state index contributed by atoms with van der Waals surface area (Å²) in [6, 6.07) is 3.44. The van der Waals surface area contributed by atoms with Crippen LogP contribution in [0.15, 0.2) is 17.1 Å². The highest BCUT2D eigenvalue weighted by Crippen LogP contribution is 2.22. The number of piperidine rings is 1. The van der Waals surface area contributed by atoms with E-state index >= 15 is 0 Å². The monoisotopic (exact) mass is 447 g/mol. The quantitative estimate of drug-likeness (QED) is 0.283. The van der Waals surface area contributed by atoms with Crippen LogP contribution in [-0.2, 0) is 4.79 Å². The van der Waals surface area contributed by atoms with E-state index in [1.54, 1.807) is 19.1 Å². The lowest BCUT2D eigenvalue weighted by Gasteiger charge is -2.32. The molecule has 0 atom stereocenters. The van der Waals surface area contributed by atoms with E-state index in [-0.39, 0.29) is 24.3 Å². The molecule has 1 aliphatic rings. The van der Waals surface area contributed by atoms with E-state index < -0.39 is 0 Å². The molecule has 2 heterocycles. The number of likely N-dealkylation sites (tertiary alicyclic amines) is 1. The summed E-state index contributed by atoms with van der Waals surface area (Å²) < 4.78 is 5.77. The van der Waals surface area contributed by atoms with Gasteiger partial charge in [-0.1, -0.05) is 13.8 Å². The molecule has 4 N–H and O–H groups in total. The van der Waals surface area contributed by atoms with E-state index in [4.69, 9.17) is 15.6 Å². The molecule has 1 aromatic rings. The second kappa shape index (κ2) is 13.0. The fraction of sp³-hybridized carbons (Fsp3) is 0.652. The minimum absolute atomic E-state index is 0.0466. The fourth-order valence-corrected chi connectivity index (χ4v) is 3.55. The molecule has 9 heteroatoms. The van der Waals surface area contributed by atoms with Crippen LogP contribution in [-0.4, -0.2) is 65.6 Å². The molecular formula is C23H37N5O4. The van der Waals surface area contributed by atoms with Gasteiger partial charge in [-0.05, 0) is 51.0 Å². The van der Waals surface area contributed by atoms with Gasteiger partial charge in [0.1, 0.15) is 0 Å². The molecule has 2 rings (SSSR count). The number of aliphatic hydroxyl groups is 1. The maximum Gasteiger partial charge on any atom is 0.253 e. The maximum atomic E-state index is 12.1.